The molecule has 2 rings (SSSR count). The predicted octanol–water partition coefficient (Wildman–Crippen LogP) is 2.34. The molecule has 0 bridgehead atoms. The van der Waals surface area contributed by atoms with Crippen molar-refractivity contribution in [2.24, 2.45) is 5.73 Å². The average Bonchev–Trinajstić information content (AvgIpc) is 2.96. The lowest BCUT2D eigenvalue weighted by molar-refractivity contribution is 0.404. The van der Waals surface area contributed by atoms with Gasteiger partial charge in [-0.1, -0.05) is 6.92 Å². The second-order valence-electron chi connectivity index (χ2n) is 4.14. The summed E-state index contributed by atoms with van der Waals surface area (Å²) in [4.78, 5) is 0. The number of hydrogen-bond donors (Lipinski definition) is 1. The molecule has 0 amide bonds. The fraction of sp³-hybridized carbons (Fsp3) is 0.500. The zero-order chi connectivity index (χ0) is 11.1. The summed E-state index contributed by atoms with van der Waals surface area (Å²) >= 11 is 0. The van der Waals surface area contributed by atoms with Crippen molar-refractivity contribution in [1.29, 1.82) is 0 Å². The van der Waals surface area contributed by atoms with Crippen LogP contribution in [-0.4, -0.2) is 7.11 Å². The quantitative estimate of drug-likeness (QED) is 0.829. The van der Waals surface area contributed by atoms with E-state index in [1.54, 1.807) is 13.2 Å². The Morgan fingerprint density at radius 1 is 1.47 bits per heavy atom. The van der Waals surface area contributed by atoms with Gasteiger partial charge >= 0.3 is 0 Å². The van der Waals surface area contributed by atoms with E-state index in [1.165, 1.54) is 6.07 Å². The van der Waals surface area contributed by atoms with Gasteiger partial charge in [-0.2, -0.15) is 0 Å². The van der Waals surface area contributed by atoms with Crippen molar-refractivity contribution < 1.29 is 9.13 Å². The molecule has 0 heterocycles. The first-order valence-electron chi connectivity index (χ1n) is 5.26. The van der Waals surface area contributed by atoms with Crippen LogP contribution in [0.15, 0.2) is 12.1 Å². The average molecular weight is 209 g/mol. The zero-order valence-electron chi connectivity index (χ0n) is 9.14. The van der Waals surface area contributed by atoms with E-state index in [0.29, 0.717) is 5.75 Å². The van der Waals surface area contributed by atoms with Crippen LogP contribution < -0.4 is 10.5 Å². The van der Waals surface area contributed by atoms with Gasteiger partial charge in [-0.05, 0) is 36.5 Å². The van der Waals surface area contributed by atoms with E-state index in [9.17, 15) is 4.39 Å². The first kappa shape index (κ1) is 10.4. The molecule has 1 aliphatic carbocycles. The van der Waals surface area contributed by atoms with Gasteiger partial charge in [-0.15, -0.1) is 0 Å². The Morgan fingerprint density at radius 3 is 2.60 bits per heavy atom. The smallest absolute Gasteiger partial charge is 0.127 e. The number of nitrogens with two attached hydrogens (primary N) is 1. The molecule has 0 unspecified atom stereocenters. The number of hydrogen-bond acceptors (Lipinski definition) is 2. The summed E-state index contributed by atoms with van der Waals surface area (Å²) in [5, 5.41) is 0. The monoisotopic (exact) mass is 209 g/mol. The molecule has 0 aliphatic heterocycles. The van der Waals surface area contributed by atoms with E-state index in [4.69, 9.17) is 10.5 Å². The van der Waals surface area contributed by atoms with E-state index < -0.39 is 0 Å². The molecule has 2 nitrogen and oxygen atoms in total. The molecule has 1 fully saturated rings. The Morgan fingerprint density at radius 2 is 2.13 bits per heavy atom. The summed E-state index contributed by atoms with van der Waals surface area (Å²) in [7, 11) is 1.56. The number of methoxy groups -OCH3 is 1. The summed E-state index contributed by atoms with van der Waals surface area (Å²) < 4.78 is 18.5. The second-order valence-corrected chi connectivity index (χ2v) is 4.14. The summed E-state index contributed by atoms with van der Waals surface area (Å²) in [5.74, 6) is 0.347. The maximum atomic E-state index is 13.4. The molecule has 0 aromatic heterocycles. The lowest BCUT2D eigenvalue weighted by Gasteiger charge is -2.17. The van der Waals surface area contributed by atoms with E-state index in [-0.39, 0.29) is 11.4 Å². The van der Waals surface area contributed by atoms with Crippen LogP contribution in [-0.2, 0) is 12.0 Å². The standard InChI is InChI=1S/C12H16FNO/c1-3-9-10(12(14)4-5-12)6-8(13)7-11(9)15-2/h6-7H,3-5,14H2,1-2H3. The normalized spacial score (nSPS) is 17.6. The van der Waals surface area contributed by atoms with Gasteiger partial charge in [0, 0.05) is 11.6 Å². The molecule has 15 heavy (non-hydrogen) atoms. The van der Waals surface area contributed by atoms with Gasteiger partial charge in [0.2, 0.25) is 0 Å². The SMILES string of the molecule is CCc1c(OC)cc(F)cc1C1(N)CC1. The minimum Gasteiger partial charge on any atom is -0.496 e. The molecule has 3 heteroatoms. The third-order valence-corrected chi connectivity index (χ3v) is 3.07. The molecule has 0 spiro atoms. The first-order valence-corrected chi connectivity index (χ1v) is 5.26. The molecule has 1 saturated carbocycles. The van der Waals surface area contributed by atoms with Crippen molar-refractivity contribution in [2.75, 3.05) is 7.11 Å². The van der Waals surface area contributed by atoms with Crippen molar-refractivity contribution in [3.8, 4) is 5.75 Å². The van der Waals surface area contributed by atoms with Crippen LogP contribution in [0, 0.1) is 5.82 Å². The van der Waals surface area contributed by atoms with Gasteiger partial charge < -0.3 is 10.5 Å². The van der Waals surface area contributed by atoms with Crippen molar-refractivity contribution in [3.63, 3.8) is 0 Å². The van der Waals surface area contributed by atoms with Crippen LogP contribution in [0.25, 0.3) is 0 Å². The van der Waals surface area contributed by atoms with E-state index >= 15 is 0 Å². The fourth-order valence-electron chi connectivity index (χ4n) is 2.01. The number of rotatable bonds is 3. The van der Waals surface area contributed by atoms with Crippen LogP contribution in [0.4, 0.5) is 4.39 Å². The summed E-state index contributed by atoms with van der Waals surface area (Å²) in [6.45, 7) is 2.03. The Balaban J connectivity index is 2.56. The van der Waals surface area contributed by atoms with Crippen LogP contribution in [0.3, 0.4) is 0 Å². The summed E-state index contributed by atoms with van der Waals surface area (Å²) in [6.07, 6.45) is 2.69. The molecule has 1 aliphatic rings. The number of ether oxygens (including phenoxy) is 1. The van der Waals surface area contributed by atoms with Crippen molar-refractivity contribution >= 4 is 0 Å². The third kappa shape index (κ3) is 1.72. The molecule has 2 N–H and O–H groups in total. The van der Waals surface area contributed by atoms with Crippen LogP contribution in [0.1, 0.15) is 30.9 Å². The van der Waals surface area contributed by atoms with Gasteiger partial charge in [0.1, 0.15) is 11.6 Å². The Hall–Kier alpha value is -1.09. The molecule has 1 aromatic carbocycles. The topological polar surface area (TPSA) is 35.2 Å². The van der Waals surface area contributed by atoms with Gasteiger partial charge in [0.25, 0.3) is 0 Å². The van der Waals surface area contributed by atoms with Crippen molar-refractivity contribution in [1.82, 2.24) is 0 Å². The van der Waals surface area contributed by atoms with Gasteiger partial charge in [0.05, 0.1) is 7.11 Å². The van der Waals surface area contributed by atoms with Crippen LogP contribution >= 0.6 is 0 Å². The maximum Gasteiger partial charge on any atom is 0.127 e. The lowest BCUT2D eigenvalue weighted by Crippen LogP contribution is -2.21. The second kappa shape index (κ2) is 3.49. The van der Waals surface area contributed by atoms with Crippen molar-refractivity contribution in [2.45, 2.75) is 31.7 Å². The molecule has 0 saturated heterocycles. The van der Waals surface area contributed by atoms with Crippen molar-refractivity contribution in [3.05, 3.63) is 29.1 Å². The molecule has 0 atom stereocenters. The third-order valence-electron chi connectivity index (χ3n) is 3.07. The van der Waals surface area contributed by atoms with Gasteiger partial charge in [-0.3, -0.25) is 0 Å². The minimum absolute atomic E-state index is 0.268. The zero-order valence-corrected chi connectivity index (χ0v) is 9.14. The highest BCUT2D eigenvalue weighted by molar-refractivity contribution is 5.46. The molecular formula is C12H16FNO. The summed E-state index contributed by atoms with van der Waals surface area (Å²) in [6, 6.07) is 2.97. The first-order chi connectivity index (χ1) is 7.10. The van der Waals surface area contributed by atoms with E-state index in [2.05, 4.69) is 0 Å². The highest BCUT2D eigenvalue weighted by Crippen LogP contribution is 2.46. The fourth-order valence-corrected chi connectivity index (χ4v) is 2.01. The predicted molar refractivity (Wildman–Crippen MR) is 57.4 cm³/mol. The number of halogens is 1. The molecule has 82 valence electrons. The van der Waals surface area contributed by atoms with E-state index in [1.807, 2.05) is 6.92 Å². The molecule has 0 radical (unpaired) electrons. The Labute approximate surface area is 89.2 Å². The highest BCUT2D eigenvalue weighted by Gasteiger charge is 2.42. The summed E-state index contributed by atoms with van der Waals surface area (Å²) in [5.41, 5.74) is 7.77. The van der Waals surface area contributed by atoms with Gasteiger partial charge in [0.15, 0.2) is 0 Å². The van der Waals surface area contributed by atoms with E-state index in [0.717, 1.165) is 30.4 Å². The van der Waals surface area contributed by atoms with Gasteiger partial charge in [-0.25, -0.2) is 4.39 Å². The largest absolute Gasteiger partial charge is 0.496 e. The van der Waals surface area contributed by atoms with Crippen LogP contribution in [0.5, 0.6) is 5.75 Å². The Kier molecular flexibility index (Phi) is 2.43. The highest BCUT2D eigenvalue weighted by atomic mass is 19.1. The van der Waals surface area contributed by atoms with Crippen LogP contribution in [0.2, 0.25) is 0 Å². The molecular weight excluding hydrogens is 193 g/mol. The maximum absolute atomic E-state index is 13.4. The number of benzene rings is 1. The minimum atomic E-state index is -0.305. The molecule has 1 aromatic rings. The lowest BCUT2D eigenvalue weighted by atomic mass is 9.96. The Bertz CT molecular complexity index is 385.